The van der Waals surface area contributed by atoms with Crippen molar-refractivity contribution in [1.82, 2.24) is 0 Å². The van der Waals surface area contributed by atoms with Crippen molar-refractivity contribution < 1.29 is 14.3 Å². The minimum Gasteiger partial charge on any atom is -0.492 e. The molecular formula is C18H17IO3. The van der Waals surface area contributed by atoms with Crippen molar-refractivity contribution in [2.75, 3.05) is 13.7 Å². The van der Waals surface area contributed by atoms with Crippen LogP contribution in [0.2, 0.25) is 0 Å². The lowest BCUT2D eigenvalue weighted by atomic mass is 10.1. The maximum Gasteiger partial charge on any atom is 0.185 e. The third-order valence-corrected chi connectivity index (χ3v) is 3.78. The summed E-state index contributed by atoms with van der Waals surface area (Å²) in [6.07, 6.45) is 3.30. The molecule has 114 valence electrons. The fraction of sp³-hybridized carbons (Fsp3) is 0.167. The summed E-state index contributed by atoms with van der Waals surface area (Å²) in [6, 6.07) is 13.1. The van der Waals surface area contributed by atoms with Crippen LogP contribution in [0.5, 0.6) is 11.5 Å². The average molecular weight is 408 g/mol. The van der Waals surface area contributed by atoms with Gasteiger partial charge in [0.15, 0.2) is 17.3 Å². The highest BCUT2D eigenvalue weighted by molar-refractivity contribution is 14.1. The van der Waals surface area contributed by atoms with Crippen molar-refractivity contribution in [3.63, 3.8) is 0 Å². The SMILES string of the molecule is CCOc1cccc(/C=C/C(=O)c2ccc(I)cc2)c1OC. The molecule has 2 rings (SSSR count). The Morgan fingerprint density at radius 3 is 2.55 bits per heavy atom. The van der Waals surface area contributed by atoms with E-state index in [9.17, 15) is 4.79 Å². The molecule has 0 fully saturated rings. The van der Waals surface area contributed by atoms with E-state index in [4.69, 9.17) is 9.47 Å². The minimum atomic E-state index is -0.0414. The second kappa shape index (κ2) is 7.98. The van der Waals surface area contributed by atoms with Crippen LogP contribution in [0.15, 0.2) is 48.5 Å². The molecular weight excluding hydrogens is 391 g/mol. The maximum atomic E-state index is 12.2. The van der Waals surface area contributed by atoms with Gasteiger partial charge in [0.05, 0.1) is 13.7 Å². The molecule has 0 heterocycles. The van der Waals surface area contributed by atoms with Crippen LogP contribution >= 0.6 is 22.6 Å². The molecule has 0 amide bonds. The van der Waals surface area contributed by atoms with E-state index in [2.05, 4.69) is 22.6 Å². The van der Waals surface area contributed by atoms with Gasteiger partial charge in [0, 0.05) is 14.7 Å². The Kier molecular flexibility index (Phi) is 6.00. The van der Waals surface area contributed by atoms with Crippen LogP contribution in [0, 0.1) is 3.57 Å². The van der Waals surface area contributed by atoms with Gasteiger partial charge < -0.3 is 9.47 Å². The average Bonchev–Trinajstić information content (AvgIpc) is 2.53. The van der Waals surface area contributed by atoms with E-state index in [1.165, 1.54) is 0 Å². The molecule has 22 heavy (non-hydrogen) atoms. The number of carbonyl (C=O) groups is 1. The predicted molar refractivity (Wildman–Crippen MR) is 96.7 cm³/mol. The third kappa shape index (κ3) is 4.10. The Labute approximate surface area is 144 Å². The Balaban J connectivity index is 2.24. The number of benzene rings is 2. The summed E-state index contributed by atoms with van der Waals surface area (Å²) in [5, 5.41) is 0. The van der Waals surface area contributed by atoms with Crippen molar-refractivity contribution in [3.8, 4) is 11.5 Å². The van der Waals surface area contributed by atoms with Crippen molar-refractivity contribution in [1.29, 1.82) is 0 Å². The molecule has 0 bridgehead atoms. The highest BCUT2D eigenvalue weighted by Crippen LogP contribution is 2.31. The Morgan fingerprint density at radius 2 is 1.91 bits per heavy atom. The van der Waals surface area contributed by atoms with Crippen molar-refractivity contribution in [2.24, 2.45) is 0 Å². The number of para-hydroxylation sites is 1. The van der Waals surface area contributed by atoms with Gasteiger partial charge in [-0.2, -0.15) is 0 Å². The largest absolute Gasteiger partial charge is 0.492 e. The molecule has 0 radical (unpaired) electrons. The Bertz CT molecular complexity index is 675. The number of carbonyl (C=O) groups excluding carboxylic acids is 1. The van der Waals surface area contributed by atoms with Crippen molar-refractivity contribution in [3.05, 3.63) is 63.2 Å². The molecule has 3 nitrogen and oxygen atoms in total. The monoisotopic (exact) mass is 408 g/mol. The molecule has 4 heteroatoms. The summed E-state index contributed by atoms with van der Waals surface area (Å²) in [5.74, 6) is 1.27. The van der Waals surface area contributed by atoms with Gasteiger partial charge in [0.25, 0.3) is 0 Å². The highest BCUT2D eigenvalue weighted by atomic mass is 127. The van der Waals surface area contributed by atoms with E-state index < -0.39 is 0 Å². The first-order chi connectivity index (χ1) is 10.7. The molecule has 0 atom stereocenters. The van der Waals surface area contributed by atoms with Crippen LogP contribution in [0.25, 0.3) is 6.08 Å². The zero-order chi connectivity index (χ0) is 15.9. The molecule has 2 aromatic rings. The normalized spacial score (nSPS) is 10.7. The fourth-order valence-electron chi connectivity index (χ4n) is 2.03. The smallest absolute Gasteiger partial charge is 0.185 e. The highest BCUT2D eigenvalue weighted by Gasteiger charge is 2.08. The Morgan fingerprint density at radius 1 is 1.18 bits per heavy atom. The van der Waals surface area contributed by atoms with Crippen molar-refractivity contribution >= 4 is 34.5 Å². The molecule has 2 aromatic carbocycles. The summed E-state index contributed by atoms with van der Waals surface area (Å²) in [7, 11) is 1.59. The van der Waals surface area contributed by atoms with Crippen LogP contribution in [-0.4, -0.2) is 19.5 Å². The third-order valence-electron chi connectivity index (χ3n) is 3.06. The molecule has 0 saturated heterocycles. The standard InChI is InChI=1S/C18H17IO3/c1-3-22-17-6-4-5-14(18(17)21-2)9-12-16(20)13-7-10-15(19)11-8-13/h4-12H,3H2,1-2H3/b12-9+. The molecule has 0 aliphatic carbocycles. The molecule has 0 aromatic heterocycles. The lowest BCUT2D eigenvalue weighted by Crippen LogP contribution is -1.97. The van der Waals surface area contributed by atoms with Crippen LogP contribution in [0.4, 0.5) is 0 Å². The fourth-order valence-corrected chi connectivity index (χ4v) is 2.39. The topological polar surface area (TPSA) is 35.5 Å². The predicted octanol–water partition coefficient (Wildman–Crippen LogP) is 4.59. The molecule has 0 aliphatic rings. The van der Waals surface area contributed by atoms with Gasteiger partial charge in [-0.15, -0.1) is 0 Å². The molecule has 0 unspecified atom stereocenters. The first-order valence-corrected chi connectivity index (χ1v) is 8.01. The van der Waals surface area contributed by atoms with Gasteiger partial charge in [-0.1, -0.05) is 24.3 Å². The van der Waals surface area contributed by atoms with Crippen molar-refractivity contribution in [2.45, 2.75) is 6.92 Å². The first kappa shape index (κ1) is 16.5. The van der Waals surface area contributed by atoms with Crippen LogP contribution in [-0.2, 0) is 0 Å². The van der Waals surface area contributed by atoms with Crippen LogP contribution in [0.1, 0.15) is 22.8 Å². The number of allylic oxidation sites excluding steroid dienone is 1. The molecule has 0 N–H and O–H groups in total. The lowest BCUT2D eigenvalue weighted by molar-refractivity contribution is 0.104. The van der Waals surface area contributed by atoms with Gasteiger partial charge in [0.1, 0.15) is 0 Å². The van der Waals surface area contributed by atoms with E-state index in [0.29, 0.717) is 23.7 Å². The number of methoxy groups -OCH3 is 1. The van der Waals surface area contributed by atoms with E-state index in [-0.39, 0.29) is 5.78 Å². The maximum absolute atomic E-state index is 12.2. The molecule has 0 aliphatic heterocycles. The number of rotatable bonds is 6. The molecule has 0 saturated carbocycles. The second-order valence-corrected chi connectivity index (χ2v) is 5.76. The quantitative estimate of drug-likeness (QED) is 0.398. The summed E-state index contributed by atoms with van der Waals surface area (Å²) >= 11 is 2.21. The number of halogens is 1. The Hall–Kier alpha value is -1.82. The lowest BCUT2D eigenvalue weighted by Gasteiger charge is -2.11. The van der Waals surface area contributed by atoms with E-state index >= 15 is 0 Å². The number of hydrogen-bond acceptors (Lipinski definition) is 3. The summed E-state index contributed by atoms with van der Waals surface area (Å²) in [4.78, 5) is 12.2. The summed E-state index contributed by atoms with van der Waals surface area (Å²) in [6.45, 7) is 2.48. The summed E-state index contributed by atoms with van der Waals surface area (Å²) in [5.41, 5.74) is 1.48. The zero-order valence-electron chi connectivity index (χ0n) is 12.5. The van der Waals surface area contributed by atoms with E-state index in [1.807, 2.05) is 49.4 Å². The second-order valence-electron chi connectivity index (χ2n) is 4.52. The molecule has 0 spiro atoms. The van der Waals surface area contributed by atoms with E-state index in [1.54, 1.807) is 19.3 Å². The van der Waals surface area contributed by atoms with Gasteiger partial charge in [-0.25, -0.2) is 0 Å². The minimum absolute atomic E-state index is 0.0414. The zero-order valence-corrected chi connectivity index (χ0v) is 14.7. The summed E-state index contributed by atoms with van der Waals surface area (Å²) < 4.78 is 12.0. The van der Waals surface area contributed by atoms with Gasteiger partial charge in [-0.3, -0.25) is 4.79 Å². The van der Waals surface area contributed by atoms with Crippen LogP contribution in [0.3, 0.4) is 0 Å². The number of hydrogen-bond donors (Lipinski definition) is 0. The van der Waals surface area contributed by atoms with E-state index in [0.717, 1.165) is 9.13 Å². The first-order valence-electron chi connectivity index (χ1n) is 6.93. The van der Waals surface area contributed by atoms with Gasteiger partial charge >= 0.3 is 0 Å². The van der Waals surface area contributed by atoms with Crippen LogP contribution < -0.4 is 9.47 Å². The number of ketones is 1. The number of ether oxygens (including phenoxy) is 2. The van der Waals surface area contributed by atoms with Gasteiger partial charge in [-0.05, 0) is 59.9 Å². The van der Waals surface area contributed by atoms with Gasteiger partial charge in [0.2, 0.25) is 0 Å².